The van der Waals surface area contributed by atoms with E-state index in [0.29, 0.717) is 34.6 Å². The maximum atomic E-state index is 14.1. The number of nitrogens with zero attached hydrogens (tertiary/aromatic N) is 3. The minimum Gasteiger partial charge on any atom is -0.371 e. The molecule has 0 spiro atoms. The molecule has 4 aliphatic rings. The lowest BCUT2D eigenvalue weighted by atomic mass is 9.70. The van der Waals surface area contributed by atoms with Gasteiger partial charge in [-0.2, -0.15) is 5.26 Å². The molecule has 0 bridgehead atoms. The van der Waals surface area contributed by atoms with Gasteiger partial charge in [-0.25, -0.2) is 0 Å². The quantitative estimate of drug-likeness (QED) is 0.112. The Morgan fingerprint density at radius 2 is 1.77 bits per heavy atom. The third-order valence-electron chi connectivity index (χ3n) is 11.7. The summed E-state index contributed by atoms with van der Waals surface area (Å²) in [6, 6.07) is 15.9. The number of rotatable bonds is 9. The summed E-state index contributed by atoms with van der Waals surface area (Å²) in [6.45, 7) is 7.90. The lowest BCUT2D eigenvalue weighted by Gasteiger charge is -2.38. The maximum Gasteiger partial charge on any atom is 0.263 e. The van der Waals surface area contributed by atoms with Crippen LogP contribution in [0.25, 0.3) is 10.9 Å². The predicted molar refractivity (Wildman–Crippen MR) is 211 cm³/mol. The number of anilines is 1. The SMILES string of the molecule is CCc1cc2c(cc1N1CCC(NC(=O)CCCSc3cccc4c3C(=O)N(C3CCC(=O)NC3=O)C4=O)CC1)C(C)(C)c1[nH]c3cc(C#N)ccc3c1C2=O. The Balaban J connectivity index is 0.870. The Labute approximate surface area is 328 Å². The first-order chi connectivity index (χ1) is 26.9. The summed E-state index contributed by atoms with van der Waals surface area (Å²) in [5.74, 6) is -1.61. The van der Waals surface area contributed by atoms with E-state index in [0.717, 1.165) is 76.2 Å². The molecule has 286 valence electrons. The number of ketones is 1. The first kappa shape index (κ1) is 37.2. The molecule has 12 nitrogen and oxygen atoms in total. The number of hydrogen-bond acceptors (Lipinski definition) is 9. The Hall–Kier alpha value is -5.74. The largest absolute Gasteiger partial charge is 0.371 e. The molecular weight excluding hydrogens is 729 g/mol. The predicted octanol–water partition coefficient (Wildman–Crippen LogP) is 5.53. The fraction of sp³-hybridized carbons (Fsp3) is 0.372. The van der Waals surface area contributed by atoms with Crippen LogP contribution in [-0.2, 0) is 26.2 Å². The van der Waals surface area contributed by atoms with Crippen molar-refractivity contribution in [3.63, 3.8) is 0 Å². The maximum absolute atomic E-state index is 14.1. The van der Waals surface area contributed by atoms with Crippen molar-refractivity contribution in [1.29, 1.82) is 5.26 Å². The zero-order valence-electron chi connectivity index (χ0n) is 31.5. The molecule has 0 radical (unpaired) electrons. The van der Waals surface area contributed by atoms with Crippen molar-refractivity contribution in [2.24, 2.45) is 0 Å². The molecule has 1 atom stereocenters. The summed E-state index contributed by atoms with van der Waals surface area (Å²) in [6.07, 6.45) is 3.38. The van der Waals surface area contributed by atoms with Crippen LogP contribution in [0, 0.1) is 11.3 Å². The second-order valence-electron chi connectivity index (χ2n) is 15.5. The number of aryl methyl sites for hydroxylation is 1. The van der Waals surface area contributed by atoms with Gasteiger partial charge in [0.2, 0.25) is 17.7 Å². The summed E-state index contributed by atoms with van der Waals surface area (Å²) in [5, 5.41) is 15.7. The lowest BCUT2D eigenvalue weighted by molar-refractivity contribution is -0.136. The molecule has 4 aromatic rings. The molecule has 4 heterocycles. The highest BCUT2D eigenvalue weighted by Crippen LogP contribution is 2.46. The van der Waals surface area contributed by atoms with Gasteiger partial charge in [0, 0.05) is 70.1 Å². The van der Waals surface area contributed by atoms with Crippen molar-refractivity contribution >= 4 is 63.7 Å². The molecule has 8 rings (SSSR count). The van der Waals surface area contributed by atoms with E-state index >= 15 is 0 Å². The number of carbonyl (C=O) groups is 6. The Bertz CT molecular complexity index is 2420. The number of thioether (sulfide) groups is 1. The first-order valence-electron chi connectivity index (χ1n) is 19.2. The number of benzene rings is 3. The van der Waals surface area contributed by atoms with Crippen LogP contribution in [0.3, 0.4) is 0 Å². The van der Waals surface area contributed by atoms with Gasteiger partial charge in [0.1, 0.15) is 6.04 Å². The number of fused-ring (bicyclic) bond motifs is 5. The number of aromatic nitrogens is 1. The van der Waals surface area contributed by atoms with Crippen molar-refractivity contribution in [1.82, 2.24) is 20.5 Å². The molecule has 2 saturated heterocycles. The smallest absolute Gasteiger partial charge is 0.263 e. The Morgan fingerprint density at radius 1 is 0.982 bits per heavy atom. The molecule has 3 N–H and O–H groups in total. The molecule has 1 aliphatic carbocycles. The van der Waals surface area contributed by atoms with Crippen LogP contribution in [0.5, 0.6) is 0 Å². The van der Waals surface area contributed by atoms with Crippen LogP contribution >= 0.6 is 11.8 Å². The van der Waals surface area contributed by atoms with Gasteiger partial charge in [-0.3, -0.25) is 39.0 Å². The number of aromatic amines is 1. The van der Waals surface area contributed by atoms with Crippen LogP contribution in [-0.4, -0.2) is 76.1 Å². The van der Waals surface area contributed by atoms with E-state index in [-0.39, 0.29) is 41.7 Å². The van der Waals surface area contributed by atoms with Gasteiger partial charge in [0.05, 0.1) is 28.3 Å². The zero-order valence-corrected chi connectivity index (χ0v) is 32.4. The molecule has 1 aromatic heterocycles. The van der Waals surface area contributed by atoms with Crippen molar-refractivity contribution in [2.45, 2.75) is 88.1 Å². The number of nitriles is 1. The average Bonchev–Trinajstić information content (AvgIpc) is 3.70. The number of hydrogen-bond donors (Lipinski definition) is 3. The van der Waals surface area contributed by atoms with Crippen molar-refractivity contribution in [2.75, 3.05) is 23.7 Å². The van der Waals surface area contributed by atoms with E-state index in [4.69, 9.17) is 0 Å². The minimum atomic E-state index is -1.02. The van der Waals surface area contributed by atoms with Gasteiger partial charge in [-0.1, -0.05) is 32.9 Å². The monoisotopic (exact) mass is 770 g/mol. The Morgan fingerprint density at radius 3 is 2.50 bits per heavy atom. The molecule has 3 aliphatic heterocycles. The molecule has 5 amide bonds. The highest BCUT2D eigenvalue weighted by molar-refractivity contribution is 7.99. The molecule has 1 unspecified atom stereocenters. The topological polar surface area (TPSA) is 173 Å². The second kappa shape index (κ2) is 14.4. The highest BCUT2D eigenvalue weighted by atomic mass is 32.2. The van der Waals surface area contributed by atoms with E-state index < -0.39 is 35.1 Å². The molecule has 3 aromatic carbocycles. The number of carbonyl (C=O) groups excluding carboxylic acids is 6. The van der Waals surface area contributed by atoms with E-state index in [1.54, 1.807) is 30.3 Å². The summed E-state index contributed by atoms with van der Waals surface area (Å²) in [5.41, 5.74) is 6.84. The van der Waals surface area contributed by atoms with Crippen molar-refractivity contribution in [3.8, 4) is 6.07 Å². The number of imide groups is 2. The Kier molecular flexibility index (Phi) is 9.56. The van der Waals surface area contributed by atoms with Crippen LogP contribution in [0.15, 0.2) is 53.4 Å². The van der Waals surface area contributed by atoms with Crippen LogP contribution in [0.2, 0.25) is 0 Å². The number of nitrogens with one attached hydrogen (secondary N) is 3. The number of amides is 5. The van der Waals surface area contributed by atoms with E-state index in [1.807, 2.05) is 6.07 Å². The summed E-state index contributed by atoms with van der Waals surface area (Å²) < 4.78 is 0. The van der Waals surface area contributed by atoms with Gasteiger partial charge < -0.3 is 15.2 Å². The summed E-state index contributed by atoms with van der Waals surface area (Å²) >= 11 is 1.40. The van der Waals surface area contributed by atoms with Crippen LogP contribution in [0.4, 0.5) is 5.69 Å². The van der Waals surface area contributed by atoms with Gasteiger partial charge in [0.25, 0.3) is 11.8 Å². The third kappa shape index (κ3) is 6.26. The fourth-order valence-electron chi connectivity index (χ4n) is 8.74. The number of H-pyrrole nitrogens is 1. The van der Waals surface area contributed by atoms with E-state index in [2.05, 4.69) is 59.5 Å². The van der Waals surface area contributed by atoms with E-state index in [1.165, 1.54) is 11.8 Å². The molecular formula is C43H42N6O6S. The third-order valence-corrected chi connectivity index (χ3v) is 12.9. The van der Waals surface area contributed by atoms with Gasteiger partial charge >= 0.3 is 0 Å². The standard InChI is InChI=1S/C43H42N6O6S/c1-4-24-20-28-29(43(2,3)39-37(38(28)52)26-11-10-23(22-44)19-30(26)46-39)21-32(24)48-16-14-25(15-17-48)45-34(50)9-6-18-56-33-8-5-7-27-36(33)42(55)49(41(27)54)31-12-13-35(51)47-40(31)53/h5,7-8,10-11,19-21,25,31,46H,4,6,9,12-18H2,1-3H3,(H,45,50)(H,47,51,53). The summed E-state index contributed by atoms with van der Waals surface area (Å²) in [4.78, 5) is 85.2. The minimum absolute atomic E-state index is 0.000884. The molecule has 0 saturated carbocycles. The fourth-order valence-corrected chi connectivity index (χ4v) is 9.77. The normalized spacial score (nSPS) is 19.1. The van der Waals surface area contributed by atoms with Crippen LogP contribution < -0.4 is 15.5 Å². The van der Waals surface area contributed by atoms with Gasteiger partial charge in [-0.05, 0) is 85.4 Å². The highest BCUT2D eigenvalue weighted by Gasteiger charge is 2.46. The molecule has 56 heavy (non-hydrogen) atoms. The molecule has 13 heteroatoms. The lowest BCUT2D eigenvalue weighted by Crippen LogP contribution is -2.54. The number of piperidine rings is 2. The van der Waals surface area contributed by atoms with Gasteiger partial charge in [-0.15, -0.1) is 11.8 Å². The summed E-state index contributed by atoms with van der Waals surface area (Å²) in [7, 11) is 0. The van der Waals surface area contributed by atoms with E-state index in [9.17, 15) is 34.0 Å². The van der Waals surface area contributed by atoms with Crippen molar-refractivity contribution < 1.29 is 28.8 Å². The van der Waals surface area contributed by atoms with Gasteiger partial charge in [0.15, 0.2) is 5.78 Å². The van der Waals surface area contributed by atoms with Crippen LogP contribution in [0.1, 0.15) is 118 Å². The zero-order chi connectivity index (χ0) is 39.5. The second-order valence-corrected chi connectivity index (χ2v) is 16.6. The average molecular weight is 771 g/mol. The van der Waals surface area contributed by atoms with Crippen molar-refractivity contribution in [3.05, 3.63) is 93.2 Å². The molecule has 2 fully saturated rings. The first-order valence-corrected chi connectivity index (χ1v) is 20.2.